The number of hydrogen-bond acceptors (Lipinski definition) is 2. The third-order valence-electron chi connectivity index (χ3n) is 0.405. The Kier molecular flexibility index (Phi) is 3.48. The van der Waals surface area contributed by atoms with E-state index in [1.807, 2.05) is 0 Å². The molecule has 0 N–H and O–H groups in total. The van der Waals surface area contributed by atoms with Crippen LogP contribution in [0.1, 0.15) is 6.92 Å². The number of carbonyl (C=O) groups excluding carboxylic acids is 1. The maximum atomic E-state index is 11.6. The van der Waals surface area contributed by atoms with Gasteiger partial charge in [0.15, 0.2) is 0 Å². The third-order valence-corrected chi connectivity index (χ3v) is 0.697. The van der Waals surface area contributed by atoms with Gasteiger partial charge in [-0.2, -0.15) is 0 Å². The lowest BCUT2D eigenvalue weighted by atomic mass is 10.8. The standard InChI is InChI=1S/C3H3Cl3FNO2/c1-3(4,5)10-2(9)8(6)7/h1H3. The van der Waals surface area contributed by atoms with Gasteiger partial charge in [0.1, 0.15) is 0 Å². The maximum absolute atomic E-state index is 11.6. The molecule has 0 aliphatic carbocycles. The molecule has 0 aromatic heterocycles. The Labute approximate surface area is 71.6 Å². The number of ether oxygens (including phenoxy) is 1. The Balaban J connectivity index is 3.81. The number of carbonyl (C=O) groups is 1. The summed E-state index contributed by atoms with van der Waals surface area (Å²) in [5.41, 5.74) is 0. The molecule has 0 fully saturated rings. The van der Waals surface area contributed by atoms with Gasteiger partial charge < -0.3 is 4.74 Å². The van der Waals surface area contributed by atoms with E-state index in [0.717, 1.165) is 6.92 Å². The van der Waals surface area contributed by atoms with Crippen molar-refractivity contribution in [2.24, 2.45) is 0 Å². The first kappa shape index (κ1) is 10.1. The van der Waals surface area contributed by atoms with Crippen molar-refractivity contribution in [1.82, 2.24) is 4.64 Å². The smallest absolute Gasteiger partial charge is 0.410 e. The van der Waals surface area contributed by atoms with Crippen LogP contribution in [-0.2, 0) is 4.74 Å². The molecule has 0 atom stereocenters. The van der Waals surface area contributed by atoms with E-state index in [0.29, 0.717) is 0 Å². The maximum Gasteiger partial charge on any atom is 0.456 e. The van der Waals surface area contributed by atoms with Crippen LogP contribution in [0.15, 0.2) is 0 Å². The molecular weight excluding hydrogens is 207 g/mol. The highest BCUT2D eigenvalue weighted by molar-refractivity contribution is 6.47. The zero-order valence-electron chi connectivity index (χ0n) is 4.78. The van der Waals surface area contributed by atoms with Crippen LogP contribution in [0, 0.1) is 0 Å². The molecule has 0 radical (unpaired) electrons. The van der Waals surface area contributed by atoms with Gasteiger partial charge in [-0.15, -0.1) is 0 Å². The third kappa shape index (κ3) is 4.90. The number of alkyl halides is 2. The Morgan fingerprint density at radius 2 is 2.10 bits per heavy atom. The second kappa shape index (κ2) is 3.46. The molecule has 3 nitrogen and oxygen atoms in total. The first-order valence-corrected chi connectivity index (χ1v) is 3.15. The molecule has 0 rings (SSSR count). The summed E-state index contributed by atoms with van der Waals surface area (Å²) in [5.74, 6) is 0. The predicted octanol–water partition coefficient (Wildman–Crippen LogP) is 2.61. The highest BCUT2D eigenvalue weighted by Gasteiger charge is 2.25. The van der Waals surface area contributed by atoms with Crippen LogP contribution >= 0.6 is 35.0 Å². The fraction of sp³-hybridized carbons (Fsp3) is 0.667. The van der Waals surface area contributed by atoms with Crippen molar-refractivity contribution in [1.29, 1.82) is 0 Å². The van der Waals surface area contributed by atoms with E-state index in [1.54, 1.807) is 0 Å². The number of halogens is 4. The quantitative estimate of drug-likeness (QED) is 0.492. The topological polar surface area (TPSA) is 29.5 Å². The van der Waals surface area contributed by atoms with Crippen LogP contribution < -0.4 is 0 Å². The van der Waals surface area contributed by atoms with Crippen LogP contribution in [0.3, 0.4) is 0 Å². The largest absolute Gasteiger partial charge is 0.456 e. The van der Waals surface area contributed by atoms with Crippen molar-refractivity contribution in [3.05, 3.63) is 0 Å². The number of rotatable bonds is 1. The molecule has 7 heteroatoms. The highest BCUT2D eigenvalue weighted by Crippen LogP contribution is 2.22. The normalized spacial score (nSPS) is 10.9. The first-order chi connectivity index (χ1) is 4.33. The van der Waals surface area contributed by atoms with Gasteiger partial charge in [-0.25, -0.2) is 4.79 Å². The molecule has 0 heterocycles. The second-order valence-corrected chi connectivity index (χ2v) is 3.34. The van der Waals surface area contributed by atoms with E-state index in [1.165, 1.54) is 0 Å². The molecule has 0 aromatic carbocycles. The number of amides is 1. The van der Waals surface area contributed by atoms with Crippen molar-refractivity contribution in [2.75, 3.05) is 0 Å². The van der Waals surface area contributed by atoms with Gasteiger partial charge >= 0.3 is 6.09 Å². The summed E-state index contributed by atoms with van der Waals surface area (Å²) in [6, 6.07) is 0. The molecule has 0 bridgehead atoms. The summed E-state index contributed by atoms with van der Waals surface area (Å²) in [4.78, 5) is 10.2. The van der Waals surface area contributed by atoms with Crippen molar-refractivity contribution < 1.29 is 14.0 Å². The van der Waals surface area contributed by atoms with Gasteiger partial charge in [-0.1, -0.05) is 27.7 Å². The Hall–Kier alpha value is 0.0700. The molecule has 10 heavy (non-hydrogen) atoms. The van der Waals surface area contributed by atoms with Crippen LogP contribution in [-0.4, -0.2) is 15.3 Å². The van der Waals surface area contributed by atoms with E-state index in [2.05, 4.69) is 16.5 Å². The number of nitrogens with zero attached hydrogens (tertiary/aromatic N) is 1. The minimum atomic E-state index is -1.77. The molecule has 0 aromatic rings. The van der Waals surface area contributed by atoms with E-state index in [9.17, 15) is 9.28 Å². The Bertz CT molecular complexity index is 134. The van der Waals surface area contributed by atoms with Gasteiger partial charge in [-0.3, -0.25) is 0 Å². The fourth-order valence-corrected chi connectivity index (χ4v) is 0.354. The van der Waals surface area contributed by atoms with Crippen LogP contribution in [0.2, 0.25) is 0 Å². The molecular formula is C3H3Cl3FNO2. The molecule has 60 valence electrons. The zero-order valence-corrected chi connectivity index (χ0v) is 7.04. The summed E-state index contributed by atoms with van der Waals surface area (Å²) >= 11 is 14.8. The lowest BCUT2D eigenvalue weighted by molar-refractivity contribution is 0.0548. The average Bonchev–Trinajstić information content (AvgIpc) is 1.60. The molecule has 0 aliphatic rings. The first-order valence-electron chi connectivity index (χ1n) is 2.05. The van der Waals surface area contributed by atoms with Crippen LogP contribution in [0.4, 0.5) is 9.28 Å². The van der Waals surface area contributed by atoms with Crippen molar-refractivity contribution in [3.8, 4) is 0 Å². The molecule has 0 saturated heterocycles. The van der Waals surface area contributed by atoms with E-state index in [-0.39, 0.29) is 0 Å². The van der Waals surface area contributed by atoms with Gasteiger partial charge in [0.05, 0.1) is 11.8 Å². The summed E-state index contributed by atoms with van der Waals surface area (Å²) in [6.45, 7) is 1.15. The van der Waals surface area contributed by atoms with Gasteiger partial charge in [-0.05, 0) is 4.64 Å². The fourth-order valence-electron chi connectivity index (χ4n) is 0.188. The van der Waals surface area contributed by atoms with Gasteiger partial charge in [0, 0.05) is 6.92 Å². The van der Waals surface area contributed by atoms with E-state index >= 15 is 0 Å². The average molecular weight is 210 g/mol. The second-order valence-electron chi connectivity index (χ2n) is 1.41. The summed E-state index contributed by atoms with van der Waals surface area (Å²) in [6.07, 6.45) is -1.46. The molecule has 0 spiro atoms. The summed E-state index contributed by atoms with van der Waals surface area (Å²) in [5, 5.41) is 0. The minimum absolute atomic E-state index is 0.789. The zero-order chi connectivity index (χ0) is 8.36. The number of hydrogen-bond donors (Lipinski definition) is 0. The lowest BCUT2D eigenvalue weighted by Crippen LogP contribution is -2.23. The predicted molar refractivity (Wildman–Crippen MR) is 35.4 cm³/mol. The Morgan fingerprint density at radius 3 is 2.20 bits per heavy atom. The van der Waals surface area contributed by atoms with Crippen LogP contribution in [0.5, 0.6) is 0 Å². The SMILES string of the molecule is CC(Cl)(Cl)OC(=O)N(F)Cl. The van der Waals surface area contributed by atoms with Crippen molar-refractivity contribution >= 4 is 41.1 Å². The summed E-state index contributed by atoms with van der Waals surface area (Å²) < 4.78 is 13.1. The monoisotopic (exact) mass is 209 g/mol. The van der Waals surface area contributed by atoms with Crippen LogP contribution in [0.25, 0.3) is 0 Å². The Morgan fingerprint density at radius 1 is 1.70 bits per heavy atom. The molecule has 0 saturated carbocycles. The van der Waals surface area contributed by atoms with E-state index < -0.39 is 15.3 Å². The van der Waals surface area contributed by atoms with E-state index in [4.69, 9.17) is 23.2 Å². The summed E-state index contributed by atoms with van der Waals surface area (Å²) in [7, 11) is 0. The van der Waals surface area contributed by atoms with Gasteiger partial charge in [0.2, 0.25) is 0 Å². The van der Waals surface area contributed by atoms with Gasteiger partial charge in [0.25, 0.3) is 4.52 Å². The van der Waals surface area contributed by atoms with Crippen molar-refractivity contribution in [3.63, 3.8) is 0 Å². The molecule has 1 amide bonds. The van der Waals surface area contributed by atoms with Crippen molar-refractivity contribution in [2.45, 2.75) is 11.4 Å². The highest BCUT2D eigenvalue weighted by atomic mass is 35.5. The molecule has 0 unspecified atom stereocenters. The molecule has 0 aliphatic heterocycles. The minimum Gasteiger partial charge on any atom is -0.410 e. The lowest BCUT2D eigenvalue weighted by Gasteiger charge is -2.13.